The smallest absolute Gasteiger partial charge is 0.0221 e. The molecule has 1 heterocycles. The molecule has 2 bridgehead atoms. The minimum Gasteiger partial charge on any atom is -0.298 e. The first-order chi connectivity index (χ1) is 12.9. The monoisotopic (exact) mass is 345 g/mol. The second-order valence-corrected chi connectivity index (χ2v) is 8.92. The lowest BCUT2D eigenvalue weighted by Gasteiger charge is -2.60. The molecule has 0 N–H and O–H groups in total. The van der Waals surface area contributed by atoms with Gasteiger partial charge in [0.2, 0.25) is 0 Å². The summed E-state index contributed by atoms with van der Waals surface area (Å²) in [5.41, 5.74) is 3.61. The summed E-state index contributed by atoms with van der Waals surface area (Å²) in [6, 6.07) is 22.8. The Bertz CT molecular complexity index is 667. The molecule has 1 heteroatoms. The predicted octanol–water partition coefficient (Wildman–Crippen LogP) is 5.98. The van der Waals surface area contributed by atoms with E-state index >= 15 is 0 Å². The molecule has 2 atom stereocenters. The second kappa shape index (κ2) is 6.85. The maximum Gasteiger partial charge on any atom is 0.0221 e. The summed E-state index contributed by atoms with van der Waals surface area (Å²) in [4.78, 5) is 2.91. The number of nitrogens with zero attached hydrogens (tertiary/aromatic N) is 1. The van der Waals surface area contributed by atoms with E-state index in [1.807, 2.05) is 0 Å². The third-order valence-corrected chi connectivity index (χ3v) is 7.66. The van der Waals surface area contributed by atoms with Crippen molar-refractivity contribution in [3.63, 3.8) is 0 Å². The van der Waals surface area contributed by atoms with Crippen LogP contribution in [0.1, 0.15) is 67.9 Å². The van der Waals surface area contributed by atoms with Crippen molar-refractivity contribution in [2.24, 2.45) is 5.92 Å². The average molecular weight is 346 g/mol. The van der Waals surface area contributed by atoms with E-state index in [-0.39, 0.29) is 0 Å². The van der Waals surface area contributed by atoms with Gasteiger partial charge in [0.25, 0.3) is 0 Å². The van der Waals surface area contributed by atoms with Crippen molar-refractivity contribution in [2.45, 2.75) is 62.3 Å². The largest absolute Gasteiger partial charge is 0.298 e. The summed E-state index contributed by atoms with van der Waals surface area (Å²) in [5.74, 6) is 2.27. The fraction of sp³-hybridized carbons (Fsp3) is 0.520. The summed E-state index contributed by atoms with van der Waals surface area (Å²) in [7, 11) is 0. The van der Waals surface area contributed by atoms with Crippen LogP contribution in [-0.2, 0) is 0 Å². The molecule has 0 unspecified atom stereocenters. The molecule has 4 aliphatic rings. The topological polar surface area (TPSA) is 3.24 Å². The zero-order valence-corrected chi connectivity index (χ0v) is 15.8. The Hall–Kier alpha value is -1.60. The van der Waals surface area contributed by atoms with Gasteiger partial charge < -0.3 is 0 Å². The average Bonchev–Trinajstić information content (AvgIpc) is 2.76. The minimum atomic E-state index is 0.441. The second-order valence-electron chi connectivity index (χ2n) is 8.92. The fourth-order valence-corrected chi connectivity index (χ4v) is 6.44. The van der Waals surface area contributed by atoms with Gasteiger partial charge in [-0.05, 0) is 80.5 Å². The van der Waals surface area contributed by atoms with E-state index in [0.717, 1.165) is 17.8 Å². The van der Waals surface area contributed by atoms with Gasteiger partial charge in [0.15, 0.2) is 0 Å². The molecule has 6 rings (SSSR count). The SMILES string of the molecule is c1ccc([C@@H]2CC3(N4CCCCC4)CCC2[C@H](c2ccccc2)C3)cc1. The lowest BCUT2D eigenvalue weighted by molar-refractivity contribution is -0.0450. The number of rotatable bonds is 3. The Morgan fingerprint density at radius 2 is 1.23 bits per heavy atom. The van der Waals surface area contributed by atoms with Gasteiger partial charge >= 0.3 is 0 Å². The zero-order valence-electron chi connectivity index (χ0n) is 15.8. The molecule has 3 saturated carbocycles. The molecular formula is C25H31N. The van der Waals surface area contributed by atoms with Crippen molar-refractivity contribution in [3.8, 4) is 0 Å². The lowest BCUT2D eigenvalue weighted by Crippen LogP contribution is -2.59. The molecule has 0 spiro atoms. The van der Waals surface area contributed by atoms with Crippen LogP contribution in [0.15, 0.2) is 60.7 Å². The van der Waals surface area contributed by atoms with Gasteiger partial charge in [-0.3, -0.25) is 4.90 Å². The maximum absolute atomic E-state index is 2.91. The van der Waals surface area contributed by atoms with Crippen molar-refractivity contribution in [1.29, 1.82) is 0 Å². The van der Waals surface area contributed by atoms with Crippen molar-refractivity contribution in [1.82, 2.24) is 4.90 Å². The van der Waals surface area contributed by atoms with E-state index in [1.165, 1.54) is 58.0 Å². The Labute approximate surface area is 158 Å². The van der Waals surface area contributed by atoms with Crippen LogP contribution >= 0.6 is 0 Å². The molecule has 4 fully saturated rings. The fourth-order valence-electron chi connectivity index (χ4n) is 6.44. The molecule has 1 nitrogen and oxygen atoms in total. The van der Waals surface area contributed by atoms with Gasteiger partial charge in [-0.15, -0.1) is 0 Å². The van der Waals surface area contributed by atoms with Crippen LogP contribution in [0.25, 0.3) is 0 Å². The number of fused-ring (bicyclic) bond motifs is 3. The van der Waals surface area contributed by atoms with Crippen LogP contribution < -0.4 is 0 Å². The molecular weight excluding hydrogens is 314 g/mol. The van der Waals surface area contributed by atoms with Crippen LogP contribution in [0.4, 0.5) is 0 Å². The predicted molar refractivity (Wildman–Crippen MR) is 108 cm³/mol. The number of hydrogen-bond acceptors (Lipinski definition) is 1. The first kappa shape index (κ1) is 16.6. The summed E-state index contributed by atoms with van der Waals surface area (Å²) < 4.78 is 0. The Morgan fingerprint density at radius 3 is 1.77 bits per heavy atom. The third kappa shape index (κ3) is 2.81. The zero-order chi connectivity index (χ0) is 17.4. The van der Waals surface area contributed by atoms with E-state index in [0.29, 0.717) is 5.54 Å². The van der Waals surface area contributed by atoms with Crippen molar-refractivity contribution in [2.75, 3.05) is 13.1 Å². The number of piperidine rings is 1. The number of benzene rings is 2. The molecule has 0 amide bonds. The number of hydrogen-bond donors (Lipinski definition) is 0. The molecule has 0 aromatic heterocycles. The summed E-state index contributed by atoms with van der Waals surface area (Å²) in [6.45, 7) is 2.65. The van der Waals surface area contributed by atoms with Gasteiger partial charge in [-0.2, -0.15) is 0 Å². The van der Waals surface area contributed by atoms with E-state index in [9.17, 15) is 0 Å². The standard InChI is InChI=1S/C25H31N/c1-4-10-20(11-5-1)23-18-25(26-16-8-3-9-17-26)15-14-22(23)24(19-25)21-12-6-2-7-13-21/h1-2,4-7,10-13,22-24H,3,8-9,14-19H2/t22?,23-,24-,25?/m0/s1. The Balaban J connectivity index is 1.54. The van der Waals surface area contributed by atoms with Crippen molar-refractivity contribution >= 4 is 0 Å². The molecule has 26 heavy (non-hydrogen) atoms. The summed E-state index contributed by atoms with van der Waals surface area (Å²) in [6.07, 6.45) is 9.81. The third-order valence-electron chi connectivity index (χ3n) is 7.66. The molecule has 2 aromatic rings. The molecule has 1 saturated heterocycles. The normalized spacial score (nSPS) is 34.7. The highest BCUT2D eigenvalue weighted by atomic mass is 15.2. The van der Waals surface area contributed by atoms with Gasteiger partial charge in [-0.1, -0.05) is 67.1 Å². The van der Waals surface area contributed by atoms with Crippen LogP contribution in [0.2, 0.25) is 0 Å². The quantitative estimate of drug-likeness (QED) is 0.661. The Morgan fingerprint density at radius 1 is 0.692 bits per heavy atom. The van der Waals surface area contributed by atoms with Crippen LogP contribution in [0.3, 0.4) is 0 Å². The van der Waals surface area contributed by atoms with Crippen LogP contribution in [0.5, 0.6) is 0 Å². The lowest BCUT2D eigenvalue weighted by atomic mass is 9.52. The molecule has 1 aliphatic heterocycles. The van der Waals surface area contributed by atoms with Gasteiger partial charge in [0.05, 0.1) is 0 Å². The van der Waals surface area contributed by atoms with Gasteiger partial charge in [0, 0.05) is 5.54 Å². The van der Waals surface area contributed by atoms with Crippen molar-refractivity contribution in [3.05, 3.63) is 71.8 Å². The summed E-state index contributed by atoms with van der Waals surface area (Å²) in [5, 5.41) is 0. The Kier molecular flexibility index (Phi) is 4.36. The first-order valence-electron chi connectivity index (χ1n) is 10.7. The van der Waals surface area contributed by atoms with E-state index < -0.39 is 0 Å². The summed E-state index contributed by atoms with van der Waals surface area (Å²) >= 11 is 0. The van der Waals surface area contributed by atoms with E-state index in [4.69, 9.17) is 0 Å². The molecule has 0 radical (unpaired) electrons. The number of likely N-dealkylation sites (tertiary alicyclic amines) is 1. The first-order valence-corrected chi connectivity index (χ1v) is 10.7. The van der Waals surface area contributed by atoms with Crippen molar-refractivity contribution < 1.29 is 0 Å². The minimum absolute atomic E-state index is 0.441. The molecule has 136 valence electrons. The highest BCUT2D eigenvalue weighted by Gasteiger charge is 2.53. The van der Waals surface area contributed by atoms with Crippen LogP contribution in [-0.4, -0.2) is 23.5 Å². The van der Waals surface area contributed by atoms with Gasteiger partial charge in [-0.25, -0.2) is 0 Å². The van der Waals surface area contributed by atoms with Gasteiger partial charge in [0.1, 0.15) is 0 Å². The molecule has 3 aliphatic carbocycles. The highest BCUT2D eigenvalue weighted by molar-refractivity contribution is 5.31. The molecule has 2 aromatic carbocycles. The van der Waals surface area contributed by atoms with E-state index in [1.54, 1.807) is 11.1 Å². The highest BCUT2D eigenvalue weighted by Crippen LogP contribution is 2.59. The maximum atomic E-state index is 2.91. The van der Waals surface area contributed by atoms with E-state index in [2.05, 4.69) is 65.6 Å². The van der Waals surface area contributed by atoms with Crippen LogP contribution in [0, 0.1) is 5.92 Å².